The number of hydrogen-bond acceptors (Lipinski definition) is 3. The lowest BCUT2D eigenvalue weighted by Crippen LogP contribution is -2.41. The van der Waals surface area contributed by atoms with E-state index in [4.69, 9.17) is 16.7 Å². The summed E-state index contributed by atoms with van der Waals surface area (Å²) in [5, 5.41) is 12.9. The average molecular weight is 272 g/mol. The van der Waals surface area contributed by atoms with Gasteiger partial charge < -0.3 is 5.11 Å². The van der Waals surface area contributed by atoms with Gasteiger partial charge in [0.15, 0.2) is 0 Å². The predicted octanol–water partition coefficient (Wildman–Crippen LogP) is 2.83. The maximum Gasteiger partial charge on any atom is 0.320 e. The fourth-order valence-electron chi connectivity index (χ4n) is 1.78. The molecular weight excluding hydrogens is 258 g/mol. The fourth-order valence-corrected chi connectivity index (χ4v) is 3.17. The van der Waals surface area contributed by atoms with E-state index in [1.54, 1.807) is 11.8 Å². The molecule has 0 bridgehead atoms. The summed E-state index contributed by atoms with van der Waals surface area (Å²) >= 11 is 7.80. The van der Waals surface area contributed by atoms with Gasteiger partial charge >= 0.3 is 5.97 Å². The number of hydrogen-bond donors (Lipinski definition) is 2. The van der Waals surface area contributed by atoms with Crippen molar-refractivity contribution in [1.82, 2.24) is 5.32 Å². The summed E-state index contributed by atoms with van der Waals surface area (Å²) in [7, 11) is 0. The third kappa shape index (κ3) is 2.94. The molecule has 2 rings (SSSR count). The summed E-state index contributed by atoms with van der Waals surface area (Å²) < 4.78 is 0. The molecule has 1 aliphatic heterocycles. The molecule has 1 fully saturated rings. The van der Waals surface area contributed by atoms with E-state index in [0.717, 1.165) is 21.9 Å². The van der Waals surface area contributed by atoms with Gasteiger partial charge in [0.2, 0.25) is 0 Å². The number of carbonyl (C=O) groups is 1. The zero-order chi connectivity index (χ0) is 12.4. The lowest BCUT2D eigenvalue weighted by Gasteiger charge is -2.28. The molecule has 0 radical (unpaired) electrons. The minimum atomic E-state index is -0.784. The Morgan fingerprint density at radius 2 is 2.35 bits per heavy atom. The van der Waals surface area contributed by atoms with Crippen molar-refractivity contribution in [2.24, 2.45) is 0 Å². The van der Waals surface area contributed by atoms with Gasteiger partial charge in [-0.15, -0.1) is 11.8 Å². The predicted molar refractivity (Wildman–Crippen MR) is 70.6 cm³/mol. The SMILES string of the molecule is Cc1ccc(C2NC(C(=O)O)CCS2)cc1Cl. The molecule has 0 spiro atoms. The van der Waals surface area contributed by atoms with Crippen LogP contribution in [-0.2, 0) is 4.79 Å². The molecule has 2 unspecified atom stereocenters. The molecule has 1 saturated heterocycles. The molecule has 1 aromatic rings. The van der Waals surface area contributed by atoms with Crippen molar-refractivity contribution in [2.45, 2.75) is 24.8 Å². The van der Waals surface area contributed by atoms with Crippen LogP contribution in [0.5, 0.6) is 0 Å². The van der Waals surface area contributed by atoms with Crippen LogP contribution in [0.4, 0.5) is 0 Å². The number of thioether (sulfide) groups is 1. The van der Waals surface area contributed by atoms with Gasteiger partial charge in [0.05, 0.1) is 5.37 Å². The Balaban J connectivity index is 2.16. The minimum Gasteiger partial charge on any atom is -0.480 e. The van der Waals surface area contributed by atoms with Gasteiger partial charge in [0.25, 0.3) is 0 Å². The number of carboxylic acid groups (broad SMARTS) is 1. The molecule has 0 aliphatic carbocycles. The Hall–Kier alpha value is -0.710. The molecule has 1 aliphatic rings. The second kappa shape index (κ2) is 5.29. The number of benzene rings is 1. The van der Waals surface area contributed by atoms with Crippen molar-refractivity contribution in [2.75, 3.05) is 5.75 Å². The van der Waals surface area contributed by atoms with Crippen molar-refractivity contribution in [1.29, 1.82) is 0 Å². The van der Waals surface area contributed by atoms with Crippen LogP contribution in [0.3, 0.4) is 0 Å². The van der Waals surface area contributed by atoms with Crippen molar-refractivity contribution in [3.63, 3.8) is 0 Å². The molecule has 0 saturated carbocycles. The summed E-state index contributed by atoms with van der Waals surface area (Å²) in [5.74, 6) is 0.0636. The lowest BCUT2D eigenvalue weighted by molar-refractivity contribution is -0.139. The molecule has 0 amide bonds. The minimum absolute atomic E-state index is 0.0166. The van der Waals surface area contributed by atoms with Gasteiger partial charge in [-0.25, -0.2) is 0 Å². The molecule has 1 heterocycles. The number of rotatable bonds is 2. The van der Waals surface area contributed by atoms with Crippen LogP contribution >= 0.6 is 23.4 Å². The molecular formula is C12H14ClNO2S. The standard InChI is InChI=1S/C12H14ClNO2S/c1-7-2-3-8(6-9(7)13)11-14-10(12(15)16)4-5-17-11/h2-3,6,10-11,14H,4-5H2,1H3,(H,15,16). The Labute approximate surface area is 110 Å². The van der Waals surface area contributed by atoms with Gasteiger partial charge in [0.1, 0.15) is 6.04 Å². The summed E-state index contributed by atoms with van der Waals surface area (Å²) in [6.45, 7) is 1.95. The summed E-state index contributed by atoms with van der Waals surface area (Å²) in [6, 6.07) is 5.41. The maximum absolute atomic E-state index is 11.0. The number of nitrogens with one attached hydrogen (secondary N) is 1. The van der Waals surface area contributed by atoms with Crippen LogP contribution < -0.4 is 5.32 Å². The highest BCUT2D eigenvalue weighted by atomic mass is 35.5. The highest BCUT2D eigenvalue weighted by Crippen LogP contribution is 2.33. The monoisotopic (exact) mass is 271 g/mol. The zero-order valence-corrected chi connectivity index (χ0v) is 11.0. The molecule has 0 aromatic heterocycles. The first kappa shape index (κ1) is 12.7. The third-order valence-electron chi connectivity index (χ3n) is 2.84. The van der Waals surface area contributed by atoms with Crippen molar-refractivity contribution in [3.8, 4) is 0 Å². The Morgan fingerprint density at radius 3 is 3.00 bits per heavy atom. The lowest BCUT2D eigenvalue weighted by atomic mass is 10.1. The topological polar surface area (TPSA) is 49.3 Å². The van der Waals surface area contributed by atoms with E-state index in [1.807, 2.05) is 25.1 Å². The van der Waals surface area contributed by atoms with E-state index < -0.39 is 12.0 Å². The van der Waals surface area contributed by atoms with Gasteiger partial charge in [-0.05, 0) is 36.3 Å². The van der Waals surface area contributed by atoms with Gasteiger partial charge in [0, 0.05) is 5.02 Å². The fraction of sp³-hybridized carbons (Fsp3) is 0.417. The van der Waals surface area contributed by atoms with E-state index in [9.17, 15) is 4.79 Å². The second-order valence-electron chi connectivity index (χ2n) is 4.11. The first-order chi connectivity index (χ1) is 8.08. The third-order valence-corrected chi connectivity index (χ3v) is 4.46. The van der Waals surface area contributed by atoms with E-state index in [2.05, 4.69) is 5.32 Å². The molecule has 2 N–H and O–H groups in total. The summed E-state index contributed by atoms with van der Waals surface area (Å²) in [4.78, 5) is 11.0. The molecule has 5 heteroatoms. The van der Waals surface area contributed by atoms with Crippen LogP contribution in [0, 0.1) is 6.92 Å². The molecule has 1 aromatic carbocycles. The van der Waals surface area contributed by atoms with Crippen molar-refractivity contribution in [3.05, 3.63) is 34.3 Å². The quantitative estimate of drug-likeness (QED) is 0.868. The Bertz CT molecular complexity index is 439. The van der Waals surface area contributed by atoms with E-state index >= 15 is 0 Å². The number of aliphatic carboxylic acids is 1. The largest absolute Gasteiger partial charge is 0.480 e. The summed E-state index contributed by atoms with van der Waals surface area (Å²) in [6.07, 6.45) is 0.663. The van der Waals surface area contributed by atoms with Gasteiger partial charge in [-0.3, -0.25) is 10.1 Å². The highest BCUT2D eigenvalue weighted by molar-refractivity contribution is 7.99. The normalized spacial score (nSPS) is 24.6. The van der Waals surface area contributed by atoms with Crippen LogP contribution in [0.15, 0.2) is 18.2 Å². The van der Waals surface area contributed by atoms with Crippen LogP contribution in [0.25, 0.3) is 0 Å². The zero-order valence-electron chi connectivity index (χ0n) is 9.44. The van der Waals surface area contributed by atoms with E-state index in [0.29, 0.717) is 6.42 Å². The van der Waals surface area contributed by atoms with Gasteiger partial charge in [-0.2, -0.15) is 0 Å². The first-order valence-corrected chi connectivity index (χ1v) is 6.87. The second-order valence-corrected chi connectivity index (χ2v) is 5.73. The molecule has 17 heavy (non-hydrogen) atoms. The van der Waals surface area contributed by atoms with Crippen LogP contribution in [-0.4, -0.2) is 22.9 Å². The number of carboxylic acids is 1. The average Bonchev–Trinajstić information content (AvgIpc) is 2.33. The number of halogens is 1. The molecule has 92 valence electrons. The van der Waals surface area contributed by atoms with Gasteiger partial charge in [-0.1, -0.05) is 23.7 Å². The Morgan fingerprint density at radius 1 is 1.59 bits per heavy atom. The number of aryl methyl sites for hydroxylation is 1. The summed E-state index contributed by atoms with van der Waals surface area (Å²) in [5.41, 5.74) is 2.07. The Kier molecular flexibility index (Phi) is 3.97. The smallest absolute Gasteiger partial charge is 0.320 e. The highest BCUT2D eigenvalue weighted by Gasteiger charge is 2.27. The van der Waals surface area contributed by atoms with E-state index in [1.165, 1.54) is 0 Å². The molecule has 2 atom stereocenters. The van der Waals surface area contributed by atoms with Crippen LogP contribution in [0.1, 0.15) is 22.9 Å². The van der Waals surface area contributed by atoms with Crippen LogP contribution in [0.2, 0.25) is 5.02 Å². The first-order valence-electron chi connectivity index (χ1n) is 5.44. The van der Waals surface area contributed by atoms with Crippen molar-refractivity contribution >= 4 is 29.3 Å². The van der Waals surface area contributed by atoms with E-state index in [-0.39, 0.29) is 5.37 Å². The maximum atomic E-state index is 11.0. The van der Waals surface area contributed by atoms with Crippen molar-refractivity contribution < 1.29 is 9.90 Å². The molecule has 3 nitrogen and oxygen atoms in total.